The van der Waals surface area contributed by atoms with Crippen LogP contribution in [0.2, 0.25) is 0 Å². The summed E-state index contributed by atoms with van der Waals surface area (Å²) in [6.07, 6.45) is 3.71. The first-order valence-corrected chi connectivity index (χ1v) is 8.30. The summed E-state index contributed by atoms with van der Waals surface area (Å²) in [5.41, 5.74) is 0. The van der Waals surface area contributed by atoms with Crippen molar-refractivity contribution in [2.24, 2.45) is 0 Å². The van der Waals surface area contributed by atoms with Crippen LogP contribution < -0.4 is 0 Å². The number of unbranched alkanes of at least 4 members (excludes halogenated alkanes) is 1. The van der Waals surface area contributed by atoms with Gasteiger partial charge in [-0.05, 0) is 0 Å². The summed E-state index contributed by atoms with van der Waals surface area (Å²) in [5.74, 6) is 1.18. The van der Waals surface area contributed by atoms with E-state index in [0.717, 1.165) is 19.3 Å². The van der Waals surface area contributed by atoms with Gasteiger partial charge in [0, 0.05) is 0 Å². The van der Waals surface area contributed by atoms with Crippen molar-refractivity contribution in [3.8, 4) is 0 Å². The number of hydrogen-bond acceptors (Lipinski definition) is 3. The molecule has 12 heavy (non-hydrogen) atoms. The van der Waals surface area contributed by atoms with Crippen molar-refractivity contribution < 1.29 is 9.53 Å². The van der Waals surface area contributed by atoms with Crippen molar-refractivity contribution in [3.05, 3.63) is 0 Å². The molecular formula is C8H14O2SSe. The molecule has 0 aromatic carbocycles. The molecule has 1 unspecified atom stereocenters. The molecule has 4 heteroatoms. The standard InChI is InChI=1S/C8H14O2SSe/c1-2-3-4-7(9)10-8-5-6-11-12-8/h8H,2-6H2,1H3. The minimum absolute atomic E-state index is 0.00576. The molecule has 0 amide bonds. The second kappa shape index (κ2) is 5.90. The third-order valence-electron chi connectivity index (χ3n) is 1.61. The fourth-order valence-corrected chi connectivity index (χ4v) is 5.44. The van der Waals surface area contributed by atoms with Crippen molar-refractivity contribution in [2.75, 3.05) is 5.75 Å². The van der Waals surface area contributed by atoms with E-state index in [-0.39, 0.29) is 11.0 Å². The van der Waals surface area contributed by atoms with Crippen molar-refractivity contribution >= 4 is 30.0 Å². The van der Waals surface area contributed by atoms with Gasteiger partial charge in [-0.1, -0.05) is 0 Å². The third kappa shape index (κ3) is 3.83. The van der Waals surface area contributed by atoms with Crippen LogP contribution in [-0.4, -0.2) is 30.6 Å². The summed E-state index contributed by atoms with van der Waals surface area (Å²) in [4.78, 5) is 11.1. The van der Waals surface area contributed by atoms with Crippen LogP contribution in [-0.2, 0) is 9.53 Å². The van der Waals surface area contributed by atoms with Crippen LogP contribution in [0, 0.1) is 0 Å². The van der Waals surface area contributed by atoms with Crippen molar-refractivity contribution in [3.63, 3.8) is 0 Å². The molecule has 70 valence electrons. The van der Waals surface area contributed by atoms with E-state index in [9.17, 15) is 4.79 Å². The molecule has 1 rings (SSSR count). The fraction of sp³-hybridized carbons (Fsp3) is 0.875. The Labute approximate surface area is 83.0 Å². The fourth-order valence-electron chi connectivity index (χ4n) is 0.922. The molecular weight excluding hydrogens is 239 g/mol. The summed E-state index contributed by atoms with van der Waals surface area (Å²) in [6.45, 7) is 2.09. The van der Waals surface area contributed by atoms with Crippen molar-refractivity contribution in [1.82, 2.24) is 0 Å². The average molecular weight is 253 g/mol. The molecule has 1 aliphatic rings. The zero-order valence-corrected chi connectivity index (χ0v) is 9.78. The van der Waals surface area contributed by atoms with E-state index in [2.05, 4.69) is 6.92 Å². The third-order valence-corrected chi connectivity index (χ3v) is 6.32. The van der Waals surface area contributed by atoms with E-state index in [0.29, 0.717) is 20.3 Å². The molecule has 0 aliphatic carbocycles. The van der Waals surface area contributed by atoms with Gasteiger partial charge in [0.2, 0.25) is 0 Å². The van der Waals surface area contributed by atoms with Crippen LogP contribution in [0.15, 0.2) is 0 Å². The van der Waals surface area contributed by atoms with Gasteiger partial charge >= 0.3 is 82.9 Å². The maximum atomic E-state index is 11.1. The molecule has 1 atom stereocenters. The summed E-state index contributed by atoms with van der Waals surface area (Å²) < 4.78 is 5.28. The van der Waals surface area contributed by atoms with Crippen LogP contribution in [0.25, 0.3) is 0 Å². The first kappa shape index (κ1) is 10.4. The molecule has 0 aromatic rings. The maximum absolute atomic E-state index is 11.1. The van der Waals surface area contributed by atoms with Crippen LogP contribution in [0.4, 0.5) is 0 Å². The van der Waals surface area contributed by atoms with Gasteiger partial charge in [-0.2, -0.15) is 0 Å². The van der Waals surface area contributed by atoms with Gasteiger partial charge in [0.05, 0.1) is 0 Å². The van der Waals surface area contributed by atoms with E-state index in [1.54, 1.807) is 0 Å². The summed E-state index contributed by atoms with van der Waals surface area (Å²) >= 11 is 0.488. The minimum atomic E-state index is 0.00576. The van der Waals surface area contributed by atoms with E-state index in [1.807, 2.05) is 10.2 Å². The Bertz CT molecular complexity index is 146. The van der Waals surface area contributed by atoms with E-state index < -0.39 is 0 Å². The Morgan fingerprint density at radius 1 is 1.75 bits per heavy atom. The van der Waals surface area contributed by atoms with Crippen molar-refractivity contribution in [1.29, 1.82) is 0 Å². The predicted molar refractivity (Wildman–Crippen MR) is 52.2 cm³/mol. The van der Waals surface area contributed by atoms with Gasteiger partial charge < -0.3 is 0 Å². The monoisotopic (exact) mass is 254 g/mol. The summed E-state index contributed by atoms with van der Waals surface area (Å²) in [7, 11) is 1.93. The molecule has 0 bridgehead atoms. The number of ether oxygens (including phenoxy) is 1. The van der Waals surface area contributed by atoms with Crippen molar-refractivity contribution in [2.45, 2.75) is 37.6 Å². The number of carbonyl (C=O) groups excluding carboxylic acids is 1. The topological polar surface area (TPSA) is 26.3 Å². The molecule has 0 spiro atoms. The first-order chi connectivity index (χ1) is 5.83. The molecule has 0 saturated carbocycles. The molecule has 1 aliphatic heterocycles. The normalized spacial score (nSPS) is 22.6. The second-order valence-electron chi connectivity index (χ2n) is 2.73. The summed E-state index contributed by atoms with van der Waals surface area (Å²) in [5, 5.41) is 0.270. The van der Waals surface area contributed by atoms with Crippen LogP contribution in [0.1, 0.15) is 32.6 Å². The van der Waals surface area contributed by atoms with E-state index in [1.165, 1.54) is 5.75 Å². The van der Waals surface area contributed by atoms with Gasteiger partial charge in [0.25, 0.3) is 0 Å². The molecule has 1 fully saturated rings. The number of hydrogen-bond donors (Lipinski definition) is 0. The molecule has 0 radical (unpaired) electrons. The van der Waals surface area contributed by atoms with Gasteiger partial charge in [0.1, 0.15) is 0 Å². The Kier molecular flexibility index (Phi) is 5.12. The van der Waals surface area contributed by atoms with E-state index in [4.69, 9.17) is 4.74 Å². The van der Waals surface area contributed by atoms with E-state index >= 15 is 0 Å². The molecule has 0 N–H and O–H groups in total. The molecule has 1 heterocycles. The van der Waals surface area contributed by atoms with Crippen LogP contribution in [0.5, 0.6) is 0 Å². The zero-order chi connectivity index (χ0) is 8.81. The average Bonchev–Trinajstić information content (AvgIpc) is 2.53. The number of carbonyl (C=O) groups is 1. The van der Waals surface area contributed by atoms with Crippen LogP contribution >= 0.6 is 10.2 Å². The van der Waals surface area contributed by atoms with Gasteiger partial charge in [0.15, 0.2) is 0 Å². The zero-order valence-electron chi connectivity index (χ0n) is 7.25. The number of esters is 1. The van der Waals surface area contributed by atoms with Gasteiger partial charge in [-0.15, -0.1) is 0 Å². The molecule has 0 aromatic heterocycles. The Morgan fingerprint density at radius 2 is 2.58 bits per heavy atom. The Morgan fingerprint density at radius 3 is 3.17 bits per heavy atom. The SMILES string of the molecule is CCCCC(=O)OC1CCS[Se]1. The first-order valence-electron chi connectivity index (χ1n) is 4.30. The van der Waals surface area contributed by atoms with Gasteiger partial charge in [-0.25, -0.2) is 0 Å². The second-order valence-corrected chi connectivity index (χ2v) is 7.36. The molecule has 1 saturated heterocycles. The quantitative estimate of drug-likeness (QED) is 0.564. The Hall–Kier alpha value is 0.339. The molecule has 2 nitrogen and oxygen atoms in total. The number of rotatable bonds is 4. The Balaban J connectivity index is 2.08. The summed E-state index contributed by atoms with van der Waals surface area (Å²) in [6, 6.07) is 0. The van der Waals surface area contributed by atoms with Crippen LogP contribution in [0.3, 0.4) is 0 Å². The predicted octanol–water partition coefficient (Wildman–Crippen LogP) is 1.80. The van der Waals surface area contributed by atoms with Gasteiger partial charge in [-0.3, -0.25) is 0 Å².